The zero-order chi connectivity index (χ0) is 17.0. The van der Waals surface area contributed by atoms with Crippen LogP contribution < -0.4 is 11.0 Å². The molecule has 0 fully saturated rings. The summed E-state index contributed by atoms with van der Waals surface area (Å²) in [4.78, 5) is 23.9. The number of hydrogen-bond acceptors (Lipinski definition) is 5. The number of hydrogen-bond donors (Lipinski definition) is 4. The number of pyridine rings is 1. The molecule has 24 heavy (non-hydrogen) atoms. The first kappa shape index (κ1) is 13.9. The fourth-order valence-electron chi connectivity index (χ4n) is 2.68. The second kappa shape index (κ2) is 4.66. The van der Waals surface area contributed by atoms with Crippen molar-refractivity contribution in [3.8, 4) is 17.2 Å². The lowest BCUT2D eigenvalue weighted by atomic mass is 10.1. The summed E-state index contributed by atoms with van der Waals surface area (Å²) in [5.74, 6) is -0.375. The number of aromatic nitrogens is 3. The van der Waals surface area contributed by atoms with Gasteiger partial charge in [0.2, 0.25) is 5.43 Å². The van der Waals surface area contributed by atoms with Crippen LogP contribution in [0.3, 0.4) is 0 Å². The molecule has 0 aliphatic carbocycles. The van der Waals surface area contributed by atoms with Gasteiger partial charge in [-0.3, -0.25) is 19.4 Å². The number of nitrogens with one attached hydrogen (secondary N) is 1. The molecule has 120 valence electrons. The molecule has 0 bridgehead atoms. The maximum atomic E-state index is 12.3. The molecule has 0 aliphatic rings. The quantitative estimate of drug-likeness (QED) is 0.393. The molecule has 0 aliphatic heterocycles. The summed E-state index contributed by atoms with van der Waals surface area (Å²) in [6, 6.07) is 8.45. The first-order valence-corrected chi connectivity index (χ1v) is 6.97. The number of phenolic OH excluding ortho intramolecular Hbond substituents is 2. The van der Waals surface area contributed by atoms with E-state index in [9.17, 15) is 25.0 Å². The van der Waals surface area contributed by atoms with Gasteiger partial charge in [-0.15, -0.1) is 4.73 Å². The normalized spacial score (nSPS) is 11.3. The molecule has 0 saturated carbocycles. The molecule has 2 aromatic carbocycles. The number of rotatable bonds is 1. The highest BCUT2D eigenvalue weighted by Crippen LogP contribution is 2.24. The van der Waals surface area contributed by atoms with Crippen LogP contribution in [0.1, 0.15) is 0 Å². The third-order valence-electron chi connectivity index (χ3n) is 3.89. The van der Waals surface area contributed by atoms with Crippen molar-refractivity contribution < 1.29 is 15.4 Å². The van der Waals surface area contributed by atoms with E-state index < -0.39 is 16.7 Å². The number of aromatic hydroxyl groups is 2. The first-order valence-electron chi connectivity index (χ1n) is 6.97. The van der Waals surface area contributed by atoms with E-state index >= 15 is 0 Å². The summed E-state index contributed by atoms with van der Waals surface area (Å²) < 4.78 is 1.92. The lowest BCUT2D eigenvalue weighted by molar-refractivity contribution is 0.190. The largest absolute Gasteiger partial charge is 0.508 e. The summed E-state index contributed by atoms with van der Waals surface area (Å²) in [6.45, 7) is 0. The average molecular weight is 325 g/mol. The highest BCUT2D eigenvalue weighted by Gasteiger charge is 2.15. The SMILES string of the molecule is O=c1cc2c(cc1O)c1[nH]n(-c3ccc(O)cc3)cc1c(=O)n2O. The van der Waals surface area contributed by atoms with Crippen LogP contribution in [-0.4, -0.2) is 29.9 Å². The van der Waals surface area contributed by atoms with Crippen molar-refractivity contribution in [2.75, 3.05) is 0 Å². The van der Waals surface area contributed by atoms with Crippen LogP contribution >= 0.6 is 0 Å². The molecular weight excluding hydrogens is 314 g/mol. The van der Waals surface area contributed by atoms with Gasteiger partial charge in [-0.25, -0.2) is 0 Å². The van der Waals surface area contributed by atoms with Crippen LogP contribution in [-0.2, 0) is 0 Å². The zero-order valence-electron chi connectivity index (χ0n) is 12.1. The van der Waals surface area contributed by atoms with Gasteiger partial charge in [0, 0.05) is 17.6 Å². The molecule has 8 heteroatoms. The smallest absolute Gasteiger partial charge is 0.294 e. The molecule has 0 atom stereocenters. The van der Waals surface area contributed by atoms with Crippen LogP contribution in [0.4, 0.5) is 0 Å². The van der Waals surface area contributed by atoms with Crippen LogP contribution in [0.25, 0.3) is 27.5 Å². The third kappa shape index (κ3) is 1.86. The molecule has 0 radical (unpaired) electrons. The van der Waals surface area contributed by atoms with E-state index in [0.29, 0.717) is 21.3 Å². The van der Waals surface area contributed by atoms with Gasteiger partial charge in [-0.2, -0.15) is 0 Å². The maximum Gasteiger partial charge on any atom is 0.294 e. The van der Waals surface area contributed by atoms with Gasteiger partial charge < -0.3 is 15.4 Å². The molecule has 0 amide bonds. The monoisotopic (exact) mass is 325 g/mol. The molecule has 8 nitrogen and oxygen atoms in total. The van der Waals surface area contributed by atoms with Crippen LogP contribution in [0, 0.1) is 0 Å². The van der Waals surface area contributed by atoms with Gasteiger partial charge in [-0.05, 0) is 30.3 Å². The zero-order valence-corrected chi connectivity index (χ0v) is 12.1. The summed E-state index contributed by atoms with van der Waals surface area (Å²) in [5.41, 5.74) is -0.386. The Bertz CT molecular complexity index is 1220. The Labute approximate surface area is 133 Å². The molecule has 4 rings (SSSR count). The van der Waals surface area contributed by atoms with E-state index in [1.54, 1.807) is 12.1 Å². The lowest BCUT2D eigenvalue weighted by Crippen LogP contribution is -2.19. The number of nitrogens with zero attached hydrogens (tertiary/aromatic N) is 2. The Kier molecular flexibility index (Phi) is 2.71. The first-order chi connectivity index (χ1) is 11.5. The Morgan fingerprint density at radius 2 is 1.67 bits per heavy atom. The van der Waals surface area contributed by atoms with Gasteiger partial charge in [-0.1, -0.05) is 0 Å². The Balaban J connectivity index is 2.12. The number of H-pyrrole nitrogens is 1. The van der Waals surface area contributed by atoms with E-state index in [1.165, 1.54) is 29.1 Å². The second-order valence-electron chi connectivity index (χ2n) is 5.37. The second-order valence-corrected chi connectivity index (χ2v) is 5.37. The highest BCUT2D eigenvalue weighted by molar-refractivity contribution is 6.03. The maximum absolute atomic E-state index is 12.3. The van der Waals surface area contributed by atoms with Gasteiger partial charge in [0.05, 0.1) is 22.1 Å². The van der Waals surface area contributed by atoms with Crippen molar-refractivity contribution in [3.63, 3.8) is 0 Å². The Morgan fingerprint density at radius 1 is 0.958 bits per heavy atom. The van der Waals surface area contributed by atoms with Crippen LogP contribution in [0.15, 0.2) is 52.2 Å². The fourth-order valence-corrected chi connectivity index (χ4v) is 2.68. The van der Waals surface area contributed by atoms with Crippen molar-refractivity contribution in [3.05, 3.63) is 63.2 Å². The van der Waals surface area contributed by atoms with E-state index in [2.05, 4.69) is 5.10 Å². The third-order valence-corrected chi connectivity index (χ3v) is 3.89. The van der Waals surface area contributed by atoms with Gasteiger partial charge >= 0.3 is 0 Å². The number of phenols is 2. The van der Waals surface area contributed by atoms with Crippen molar-refractivity contribution in [1.82, 2.24) is 14.5 Å². The Morgan fingerprint density at radius 3 is 2.38 bits per heavy atom. The van der Waals surface area contributed by atoms with E-state index in [1.807, 2.05) is 0 Å². The summed E-state index contributed by atoms with van der Waals surface area (Å²) in [5, 5.41) is 32.5. The van der Waals surface area contributed by atoms with E-state index in [-0.39, 0.29) is 16.7 Å². The molecule has 0 unspecified atom stereocenters. The predicted octanol–water partition coefficient (Wildman–Crippen LogP) is 1.28. The number of aromatic amines is 1. The molecule has 0 spiro atoms. The van der Waals surface area contributed by atoms with E-state index in [4.69, 9.17) is 0 Å². The number of fused-ring (bicyclic) bond motifs is 3. The van der Waals surface area contributed by atoms with Crippen LogP contribution in [0.2, 0.25) is 0 Å². The molecular formula is C16H11N3O5. The standard InChI is InChI=1S/C16H11N3O5/c20-9-3-1-8(2-4-9)18-7-11-15(17-18)10-5-13(21)14(22)6-12(10)19(24)16(11)23/h1-7,17,20-21,24H. The van der Waals surface area contributed by atoms with Crippen molar-refractivity contribution >= 4 is 21.8 Å². The molecule has 4 N–H and O–H groups in total. The van der Waals surface area contributed by atoms with Gasteiger partial charge in [0.1, 0.15) is 5.75 Å². The minimum atomic E-state index is -0.698. The summed E-state index contributed by atoms with van der Waals surface area (Å²) in [7, 11) is 0. The Hall–Kier alpha value is -3.68. The highest BCUT2D eigenvalue weighted by atomic mass is 16.5. The molecule has 2 heterocycles. The van der Waals surface area contributed by atoms with E-state index in [0.717, 1.165) is 6.07 Å². The van der Waals surface area contributed by atoms with Crippen molar-refractivity contribution in [2.45, 2.75) is 0 Å². The average Bonchev–Trinajstić information content (AvgIpc) is 3.01. The fraction of sp³-hybridized carbons (Fsp3) is 0. The number of benzene rings is 2. The van der Waals surface area contributed by atoms with Crippen molar-refractivity contribution in [2.24, 2.45) is 0 Å². The van der Waals surface area contributed by atoms with Gasteiger partial charge in [0.15, 0.2) is 5.75 Å². The lowest BCUT2D eigenvalue weighted by Gasteiger charge is -2.04. The van der Waals surface area contributed by atoms with Crippen LogP contribution in [0.5, 0.6) is 11.5 Å². The molecule has 2 aromatic heterocycles. The molecule has 4 aromatic rings. The minimum absolute atomic E-state index is 0.00462. The summed E-state index contributed by atoms with van der Waals surface area (Å²) in [6.07, 6.45) is 1.48. The summed E-state index contributed by atoms with van der Waals surface area (Å²) >= 11 is 0. The van der Waals surface area contributed by atoms with Gasteiger partial charge in [0.25, 0.3) is 5.56 Å². The topological polar surface area (TPSA) is 120 Å². The predicted molar refractivity (Wildman–Crippen MR) is 86.2 cm³/mol. The molecule has 0 saturated heterocycles. The van der Waals surface area contributed by atoms with Crippen molar-refractivity contribution in [1.29, 1.82) is 0 Å². The minimum Gasteiger partial charge on any atom is -0.508 e.